The molecular formula is C12H12N2. The number of rotatable bonds is 3. The summed E-state index contributed by atoms with van der Waals surface area (Å²) in [6.07, 6.45) is 5.20. The molecule has 0 spiro atoms. The summed E-state index contributed by atoms with van der Waals surface area (Å²) in [7, 11) is 1.96. The van der Waals surface area contributed by atoms with E-state index in [1.54, 1.807) is 6.07 Å². The number of nitrogens with zero attached hydrogens (tertiary/aromatic N) is 2. The zero-order valence-corrected chi connectivity index (χ0v) is 8.20. The van der Waals surface area contributed by atoms with Crippen molar-refractivity contribution in [2.24, 2.45) is 0 Å². The fourth-order valence-electron chi connectivity index (χ4n) is 1.26. The standard InChI is InChI=1S/C12H12N2/c1-3-7-14(2)10-12-6-4-5-11(8-12)9-13/h1,4-6,8H,7,10H2,2H3. The molecular weight excluding hydrogens is 172 g/mol. The van der Waals surface area contributed by atoms with E-state index in [9.17, 15) is 0 Å². The van der Waals surface area contributed by atoms with E-state index < -0.39 is 0 Å². The van der Waals surface area contributed by atoms with Gasteiger partial charge in [0, 0.05) is 6.54 Å². The second-order valence-corrected chi connectivity index (χ2v) is 3.19. The Labute approximate surface area is 84.8 Å². The van der Waals surface area contributed by atoms with Crippen molar-refractivity contribution in [3.63, 3.8) is 0 Å². The summed E-state index contributed by atoms with van der Waals surface area (Å²) < 4.78 is 0. The monoisotopic (exact) mass is 184 g/mol. The Morgan fingerprint density at radius 2 is 2.29 bits per heavy atom. The van der Waals surface area contributed by atoms with Crippen LogP contribution >= 0.6 is 0 Å². The summed E-state index contributed by atoms with van der Waals surface area (Å²) in [5.74, 6) is 2.58. The van der Waals surface area contributed by atoms with E-state index in [1.165, 1.54) is 0 Å². The number of hydrogen-bond donors (Lipinski definition) is 0. The third-order valence-electron chi connectivity index (χ3n) is 1.87. The molecule has 1 aromatic rings. The van der Waals surface area contributed by atoms with Crippen LogP contribution in [0.15, 0.2) is 24.3 Å². The molecule has 1 aromatic carbocycles. The largest absolute Gasteiger partial charge is 0.291 e. The molecule has 0 saturated heterocycles. The third-order valence-corrected chi connectivity index (χ3v) is 1.87. The van der Waals surface area contributed by atoms with Crippen molar-refractivity contribution in [3.05, 3.63) is 35.4 Å². The molecule has 0 amide bonds. The predicted octanol–water partition coefficient (Wildman–Crippen LogP) is 1.62. The number of terminal acetylenes is 1. The second-order valence-electron chi connectivity index (χ2n) is 3.19. The molecule has 0 unspecified atom stereocenters. The van der Waals surface area contributed by atoms with Crippen LogP contribution in [0.1, 0.15) is 11.1 Å². The molecule has 0 radical (unpaired) electrons. The van der Waals surface area contributed by atoms with Crippen molar-refractivity contribution in [2.45, 2.75) is 6.54 Å². The van der Waals surface area contributed by atoms with Crippen LogP contribution in [0.3, 0.4) is 0 Å². The van der Waals surface area contributed by atoms with Crippen LogP contribution in [-0.4, -0.2) is 18.5 Å². The van der Waals surface area contributed by atoms with E-state index in [1.807, 2.05) is 30.1 Å². The molecule has 2 heteroatoms. The van der Waals surface area contributed by atoms with Gasteiger partial charge in [-0.2, -0.15) is 5.26 Å². The minimum absolute atomic E-state index is 0.622. The maximum absolute atomic E-state index is 8.70. The minimum Gasteiger partial charge on any atom is -0.291 e. The zero-order valence-electron chi connectivity index (χ0n) is 8.20. The molecule has 14 heavy (non-hydrogen) atoms. The number of benzene rings is 1. The lowest BCUT2D eigenvalue weighted by atomic mass is 10.1. The van der Waals surface area contributed by atoms with Crippen molar-refractivity contribution < 1.29 is 0 Å². The average molecular weight is 184 g/mol. The van der Waals surface area contributed by atoms with E-state index in [4.69, 9.17) is 11.7 Å². The molecule has 0 saturated carbocycles. The third kappa shape index (κ3) is 2.94. The van der Waals surface area contributed by atoms with Gasteiger partial charge in [-0.1, -0.05) is 18.1 Å². The lowest BCUT2D eigenvalue weighted by Crippen LogP contribution is -2.17. The van der Waals surface area contributed by atoms with Crippen molar-refractivity contribution in [1.29, 1.82) is 5.26 Å². The zero-order chi connectivity index (χ0) is 10.4. The molecule has 0 bridgehead atoms. The minimum atomic E-state index is 0.622. The molecule has 0 aliphatic heterocycles. The highest BCUT2D eigenvalue weighted by atomic mass is 15.1. The predicted molar refractivity (Wildman–Crippen MR) is 56.3 cm³/mol. The molecule has 70 valence electrons. The molecule has 0 heterocycles. The molecule has 2 nitrogen and oxygen atoms in total. The van der Waals surface area contributed by atoms with Gasteiger partial charge in [0.1, 0.15) is 0 Å². The van der Waals surface area contributed by atoms with Gasteiger partial charge in [-0.3, -0.25) is 4.90 Å². The van der Waals surface area contributed by atoms with Gasteiger partial charge in [-0.15, -0.1) is 6.42 Å². The average Bonchev–Trinajstić information content (AvgIpc) is 2.18. The van der Waals surface area contributed by atoms with E-state index in [0.717, 1.165) is 12.1 Å². The van der Waals surface area contributed by atoms with E-state index in [-0.39, 0.29) is 0 Å². The van der Waals surface area contributed by atoms with Crippen LogP contribution < -0.4 is 0 Å². The highest BCUT2D eigenvalue weighted by Crippen LogP contribution is 2.06. The van der Waals surface area contributed by atoms with Gasteiger partial charge in [-0.25, -0.2) is 0 Å². The van der Waals surface area contributed by atoms with Gasteiger partial charge >= 0.3 is 0 Å². The first kappa shape index (κ1) is 10.3. The topological polar surface area (TPSA) is 27.0 Å². The van der Waals surface area contributed by atoms with E-state index >= 15 is 0 Å². The molecule has 0 fully saturated rings. The molecule has 0 aromatic heterocycles. The normalized spacial score (nSPS) is 9.43. The van der Waals surface area contributed by atoms with Crippen LogP contribution in [-0.2, 0) is 6.54 Å². The van der Waals surface area contributed by atoms with Gasteiger partial charge in [0.2, 0.25) is 0 Å². The SMILES string of the molecule is C#CCN(C)Cc1cccc(C#N)c1. The molecule has 0 aliphatic carbocycles. The summed E-state index contributed by atoms with van der Waals surface area (Å²) in [6, 6.07) is 9.67. The van der Waals surface area contributed by atoms with Gasteiger partial charge in [0.25, 0.3) is 0 Å². The van der Waals surface area contributed by atoms with Crippen molar-refractivity contribution in [3.8, 4) is 18.4 Å². The lowest BCUT2D eigenvalue weighted by Gasteiger charge is -2.12. The van der Waals surface area contributed by atoms with Crippen molar-refractivity contribution in [2.75, 3.05) is 13.6 Å². The summed E-state index contributed by atoms with van der Waals surface area (Å²) >= 11 is 0. The fraction of sp³-hybridized carbons (Fsp3) is 0.250. The smallest absolute Gasteiger partial charge is 0.0991 e. The highest BCUT2D eigenvalue weighted by molar-refractivity contribution is 5.32. The quantitative estimate of drug-likeness (QED) is 0.667. The first-order valence-corrected chi connectivity index (χ1v) is 4.37. The fourth-order valence-corrected chi connectivity index (χ4v) is 1.26. The summed E-state index contributed by atoms with van der Waals surface area (Å²) in [5, 5.41) is 8.70. The van der Waals surface area contributed by atoms with Crippen LogP contribution in [0.25, 0.3) is 0 Å². The van der Waals surface area contributed by atoms with Crippen LogP contribution in [0.4, 0.5) is 0 Å². The van der Waals surface area contributed by atoms with Crippen LogP contribution in [0.2, 0.25) is 0 Å². The Bertz CT molecular complexity index is 382. The second kappa shape index (κ2) is 5.07. The molecule has 0 atom stereocenters. The molecule has 0 aliphatic rings. The Hall–Kier alpha value is -1.77. The summed E-state index contributed by atoms with van der Waals surface area (Å²) in [6.45, 7) is 1.40. The van der Waals surface area contributed by atoms with Crippen LogP contribution in [0.5, 0.6) is 0 Å². The lowest BCUT2D eigenvalue weighted by molar-refractivity contribution is 0.369. The van der Waals surface area contributed by atoms with Gasteiger partial charge < -0.3 is 0 Å². The van der Waals surface area contributed by atoms with E-state index in [0.29, 0.717) is 12.1 Å². The molecule has 0 N–H and O–H groups in total. The van der Waals surface area contributed by atoms with Crippen molar-refractivity contribution in [1.82, 2.24) is 4.90 Å². The van der Waals surface area contributed by atoms with E-state index in [2.05, 4.69) is 12.0 Å². The van der Waals surface area contributed by atoms with Gasteiger partial charge in [0.05, 0.1) is 18.2 Å². The Kier molecular flexibility index (Phi) is 3.73. The van der Waals surface area contributed by atoms with Crippen LogP contribution in [0, 0.1) is 23.7 Å². The number of nitriles is 1. The van der Waals surface area contributed by atoms with Gasteiger partial charge in [0.15, 0.2) is 0 Å². The summed E-state index contributed by atoms with van der Waals surface area (Å²) in [4.78, 5) is 2.02. The Balaban J connectivity index is 2.69. The first-order chi connectivity index (χ1) is 6.76. The maximum atomic E-state index is 8.70. The molecule has 1 rings (SSSR count). The maximum Gasteiger partial charge on any atom is 0.0991 e. The van der Waals surface area contributed by atoms with Gasteiger partial charge in [-0.05, 0) is 24.7 Å². The summed E-state index contributed by atoms with van der Waals surface area (Å²) in [5.41, 5.74) is 1.80. The first-order valence-electron chi connectivity index (χ1n) is 4.37. The highest BCUT2D eigenvalue weighted by Gasteiger charge is 1.99. The Morgan fingerprint density at radius 3 is 2.93 bits per heavy atom. The Morgan fingerprint density at radius 1 is 1.50 bits per heavy atom. The number of hydrogen-bond acceptors (Lipinski definition) is 2. The van der Waals surface area contributed by atoms with Crippen molar-refractivity contribution >= 4 is 0 Å².